The summed E-state index contributed by atoms with van der Waals surface area (Å²) in [4.78, 5) is 7.23. The zero-order chi connectivity index (χ0) is 19.1. The quantitative estimate of drug-likeness (QED) is 0.491. The summed E-state index contributed by atoms with van der Waals surface area (Å²) in [6, 6.07) is 0.311. The van der Waals surface area contributed by atoms with Crippen LogP contribution in [0.5, 0.6) is 0 Å². The second-order valence-corrected chi connectivity index (χ2v) is 8.43. The lowest BCUT2D eigenvalue weighted by atomic mass is 9.78. The molecule has 5 N–H and O–H groups in total. The molecule has 3 fully saturated rings. The number of ether oxygens (including phenoxy) is 1. The average Bonchev–Trinajstić information content (AvgIpc) is 2.70. The van der Waals surface area contributed by atoms with Crippen molar-refractivity contribution in [2.24, 2.45) is 28.3 Å². The first-order valence-corrected chi connectivity index (χ1v) is 10.8. The molecule has 0 bridgehead atoms. The molecule has 0 aromatic carbocycles. The number of amidine groups is 1. The van der Waals surface area contributed by atoms with Crippen molar-refractivity contribution in [2.45, 2.75) is 63.8 Å². The van der Waals surface area contributed by atoms with E-state index in [0.717, 1.165) is 57.9 Å². The number of rotatable bonds is 6. The Morgan fingerprint density at radius 3 is 2.33 bits per heavy atom. The lowest BCUT2D eigenvalue weighted by molar-refractivity contribution is 0.0272. The topological polar surface area (TPSA) is 101 Å². The summed E-state index contributed by atoms with van der Waals surface area (Å²) in [6.07, 6.45) is 12.0. The molecule has 1 heterocycles. The standard InChI is InChI=1S/C21H37N5O/c22-14-19(21(24)25-18-4-2-1-3-5-18)20(23)17-8-6-16(7-9-17)15-26-10-12-27-13-11-26/h14,16-18,23H,1-13,15,22H2,(H2,24,25)/b19-14-,23-20?. The molecule has 2 aliphatic carbocycles. The van der Waals surface area contributed by atoms with E-state index in [2.05, 4.69) is 4.90 Å². The van der Waals surface area contributed by atoms with Gasteiger partial charge in [-0.2, -0.15) is 0 Å². The summed E-state index contributed by atoms with van der Waals surface area (Å²) < 4.78 is 5.44. The summed E-state index contributed by atoms with van der Waals surface area (Å²) in [5, 5.41) is 8.67. The van der Waals surface area contributed by atoms with Gasteiger partial charge >= 0.3 is 0 Å². The molecule has 6 nitrogen and oxygen atoms in total. The molecule has 0 aromatic heterocycles. The van der Waals surface area contributed by atoms with Gasteiger partial charge in [0.1, 0.15) is 5.84 Å². The number of hydrogen-bond donors (Lipinski definition) is 3. The first kappa shape index (κ1) is 20.3. The normalized spacial score (nSPS) is 29.6. The van der Waals surface area contributed by atoms with Crippen LogP contribution in [0.1, 0.15) is 57.8 Å². The minimum absolute atomic E-state index is 0.265. The molecule has 2 saturated carbocycles. The van der Waals surface area contributed by atoms with E-state index < -0.39 is 0 Å². The van der Waals surface area contributed by atoms with Crippen molar-refractivity contribution < 1.29 is 4.74 Å². The summed E-state index contributed by atoms with van der Waals surface area (Å²) in [7, 11) is 0. The van der Waals surface area contributed by atoms with E-state index in [9.17, 15) is 0 Å². The van der Waals surface area contributed by atoms with Crippen LogP contribution < -0.4 is 11.5 Å². The Kier molecular flexibility index (Phi) is 7.70. The van der Waals surface area contributed by atoms with E-state index in [1.54, 1.807) is 0 Å². The number of hydrogen-bond acceptors (Lipinski definition) is 5. The number of nitrogens with zero attached hydrogens (tertiary/aromatic N) is 2. The van der Waals surface area contributed by atoms with Crippen LogP contribution in [0.3, 0.4) is 0 Å². The lowest BCUT2D eigenvalue weighted by Crippen LogP contribution is -2.40. The van der Waals surface area contributed by atoms with Gasteiger partial charge in [-0.05, 0) is 44.4 Å². The first-order valence-electron chi connectivity index (χ1n) is 10.8. The molecule has 152 valence electrons. The van der Waals surface area contributed by atoms with Crippen LogP contribution in [0.15, 0.2) is 16.8 Å². The molecular weight excluding hydrogens is 338 g/mol. The highest BCUT2D eigenvalue weighted by Gasteiger charge is 2.28. The SMILES string of the molecule is N=C(/C(=C/N)C(N)=NC1CCCCC1)C1CCC(CN2CCOCC2)CC1. The van der Waals surface area contributed by atoms with Gasteiger partial charge in [-0.15, -0.1) is 0 Å². The molecule has 1 saturated heterocycles. The largest absolute Gasteiger partial charge is 0.404 e. The summed E-state index contributed by atoms with van der Waals surface area (Å²) in [6.45, 7) is 5.02. The van der Waals surface area contributed by atoms with Crippen molar-refractivity contribution in [3.63, 3.8) is 0 Å². The third kappa shape index (κ3) is 5.79. The Morgan fingerprint density at radius 1 is 1.04 bits per heavy atom. The molecule has 27 heavy (non-hydrogen) atoms. The Bertz CT molecular complexity index is 539. The van der Waals surface area contributed by atoms with Gasteiger partial charge in [0.25, 0.3) is 0 Å². The molecule has 0 spiro atoms. The van der Waals surface area contributed by atoms with Gasteiger partial charge in [-0.1, -0.05) is 19.3 Å². The van der Waals surface area contributed by atoms with Gasteiger partial charge in [0, 0.05) is 37.5 Å². The average molecular weight is 376 g/mol. The number of nitrogens with two attached hydrogens (primary N) is 2. The van der Waals surface area contributed by atoms with E-state index >= 15 is 0 Å². The number of aliphatic imine (C=N–C) groups is 1. The molecule has 1 aliphatic heterocycles. The Balaban J connectivity index is 1.50. The van der Waals surface area contributed by atoms with E-state index in [1.165, 1.54) is 44.8 Å². The fourth-order valence-corrected chi connectivity index (χ4v) is 4.79. The van der Waals surface area contributed by atoms with Crippen LogP contribution in [0.25, 0.3) is 0 Å². The van der Waals surface area contributed by atoms with Crippen molar-refractivity contribution in [3.05, 3.63) is 11.8 Å². The van der Waals surface area contributed by atoms with Crippen LogP contribution >= 0.6 is 0 Å². The molecule has 6 heteroatoms. The van der Waals surface area contributed by atoms with Crippen LogP contribution in [0, 0.1) is 17.2 Å². The number of morpholine rings is 1. The molecule has 3 aliphatic rings. The molecule has 0 unspecified atom stereocenters. The second-order valence-electron chi connectivity index (χ2n) is 8.43. The third-order valence-electron chi connectivity index (χ3n) is 6.50. The maximum Gasteiger partial charge on any atom is 0.129 e. The minimum atomic E-state index is 0.265. The summed E-state index contributed by atoms with van der Waals surface area (Å²) in [5.41, 5.74) is 13.4. The smallest absolute Gasteiger partial charge is 0.129 e. The highest BCUT2D eigenvalue weighted by atomic mass is 16.5. The molecular formula is C21H37N5O. The first-order chi connectivity index (χ1) is 13.2. The number of nitrogens with one attached hydrogen (secondary N) is 1. The van der Waals surface area contributed by atoms with Gasteiger partial charge in [-0.3, -0.25) is 9.89 Å². The summed E-state index contributed by atoms with van der Waals surface area (Å²) in [5.74, 6) is 1.48. The van der Waals surface area contributed by atoms with Gasteiger partial charge in [0.15, 0.2) is 0 Å². The van der Waals surface area contributed by atoms with Crippen LogP contribution in [-0.4, -0.2) is 55.3 Å². The highest BCUT2D eigenvalue weighted by molar-refractivity contribution is 6.22. The van der Waals surface area contributed by atoms with Gasteiger partial charge < -0.3 is 21.6 Å². The molecule has 3 rings (SSSR count). The maximum atomic E-state index is 8.67. The highest BCUT2D eigenvalue weighted by Crippen LogP contribution is 2.32. The van der Waals surface area contributed by atoms with Crippen molar-refractivity contribution in [3.8, 4) is 0 Å². The van der Waals surface area contributed by atoms with Crippen molar-refractivity contribution in [2.75, 3.05) is 32.8 Å². The van der Waals surface area contributed by atoms with E-state index in [4.69, 9.17) is 26.6 Å². The van der Waals surface area contributed by atoms with Crippen LogP contribution in [0.4, 0.5) is 0 Å². The Labute approximate surface area is 163 Å². The fourth-order valence-electron chi connectivity index (χ4n) is 4.79. The van der Waals surface area contributed by atoms with E-state index in [1.807, 2.05) is 0 Å². The predicted molar refractivity (Wildman–Crippen MR) is 111 cm³/mol. The van der Waals surface area contributed by atoms with Crippen LogP contribution in [0.2, 0.25) is 0 Å². The monoisotopic (exact) mass is 375 g/mol. The second kappa shape index (κ2) is 10.2. The zero-order valence-corrected chi connectivity index (χ0v) is 16.7. The molecule has 0 radical (unpaired) electrons. The van der Waals surface area contributed by atoms with Crippen molar-refractivity contribution >= 4 is 11.5 Å². The van der Waals surface area contributed by atoms with Crippen molar-refractivity contribution in [1.82, 2.24) is 4.90 Å². The maximum absolute atomic E-state index is 8.67. The van der Waals surface area contributed by atoms with Gasteiger partial charge in [-0.25, -0.2) is 0 Å². The molecule has 0 atom stereocenters. The molecule has 0 aromatic rings. The Morgan fingerprint density at radius 2 is 1.70 bits per heavy atom. The predicted octanol–water partition coefficient (Wildman–Crippen LogP) is 2.68. The van der Waals surface area contributed by atoms with Gasteiger partial charge in [0.2, 0.25) is 0 Å². The Hall–Kier alpha value is -1.40. The van der Waals surface area contributed by atoms with E-state index in [0.29, 0.717) is 23.2 Å². The van der Waals surface area contributed by atoms with Crippen molar-refractivity contribution in [1.29, 1.82) is 5.41 Å². The van der Waals surface area contributed by atoms with E-state index in [-0.39, 0.29) is 5.92 Å². The lowest BCUT2D eigenvalue weighted by Gasteiger charge is -2.34. The minimum Gasteiger partial charge on any atom is -0.404 e. The van der Waals surface area contributed by atoms with Gasteiger partial charge in [0.05, 0.1) is 24.8 Å². The zero-order valence-electron chi connectivity index (χ0n) is 16.7. The third-order valence-corrected chi connectivity index (χ3v) is 6.50. The van der Waals surface area contributed by atoms with Crippen LogP contribution in [-0.2, 0) is 4.74 Å². The fraction of sp³-hybridized carbons (Fsp3) is 0.810. The molecule has 0 amide bonds. The summed E-state index contributed by atoms with van der Waals surface area (Å²) >= 11 is 0.